The van der Waals surface area contributed by atoms with Crippen LogP contribution in [0.3, 0.4) is 0 Å². The van der Waals surface area contributed by atoms with Crippen LogP contribution in [0.2, 0.25) is 0 Å². The fourth-order valence-electron chi connectivity index (χ4n) is 4.60. The molecule has 1 aromatic carbocycles. The Morgan fingerprint density at radius 1 is 1.06 bits per heavy atom. The smallest absolute Gasteiger partial charge is 0.211 e. The number of ether oxygens (including phenoxy) is 1. The van der Waals surface area contributed by atoms with E-state index in [1.807, 2.05) is 12.1 Å². The summed E-state index contributed by atoms with van der Waals surface area (Å²) < 4.78 is 31.1. The molecule has 8 heteroatoms. The van der Waals surface area contributed by atoms with Gasteiger partial charge in [0.15, 0.2) is 5.82 Å². The lowest BCUT2D eigenvalue weighted by atomic mass is 9.92. The lowest BCUT2D eigenvalue weighted by molar-refractivity contribution is 0.278. The summed E-state index contributed by atoms with van der Waals surface area (Å²) in [6, 6.07) is 10.2. The highest BCUT2D eigenvalue weighted by Crippen LogP contribution is 2.27. The molecule has 0 radical (unpaired) electrons. The molecule has 0 spiro atoms. The Labute approximate surface area is 191 Å². The number of fused-ring (bicyclic) bond motifs is 1. The van der Waals surface area contributed by atoms with Crippen molar-refractivity contribution >= 4 is 15.8 Å². The van der Waals surface area contributed by atoms with Gasteiger partial charge in [0.1, 0.15) is 5.75 Å². The number of anilines is 1. The molecule has 32 heavy (non-hydrogen) atoms. The van der Waals surface area contributed by atoms with E-state index < -0.39 is 10.0 Å². The monoisotopic (exact) mass is 458 g/mol. The predicted octanol–water partition coefficient (Wildman–Crippen LogP) is 3.43. The Morgan fingerprint density at radius 3 is 2.56 bits per heavy atom. The van der Waals surface area contributed by atoms with E-state index in [0.29, 0.717) is 13.1 Å². The van der Waals surface area contributed by atoms with Crippen LogP contribution in [-0.4, -0.2) is 55.4 Å². The highest BCUT2D eigenvalue weighted by Gasteiger charge is 2.23. The first kappa shape index (κ1) is 23.0. The van der Waals surface area contributed by atoms with Gasteiger partial charge in [0.05, 0.1) is 18.6 Å². The molecule has 7 nitrogen and oxygen atoms in total. The van der Waals surface area contributed by atoms with Gasteiger partial charge in [0.2, 0.25) is 10.0 Å². The molecule has 4 rings (SSSR count). The van der Waals surface area contributed by atoms with E-state index in [9.17, 15) is 8.42 Å². The lowest BCUT2D eigenvalue weighted by Crippen LogP contribution is -2.35. The second-order valence-electron chi connectivity index (χ2n) is 8.93. The van der Waals surface area contributed by atoms with Crippen molar-refractivity contribution in [2.45, 2.75) is 52.0 Å². The van der Waals surface area contributed by atoms with Crippen LogP contribution in [0.25, 0.3) is 0 Å². The van der Waals surface area contributed by atoms with Gasteiger partial charge in [0, 0.05) is 26.2 Å². The molecule has 174 valence electrons. The molecule has 0 amide bonds. The first-order valence-electron chi connectivity index (χ1n) is 11.7. The van der Waals surface area contributed by atoms with Crippen molar-refractivity contribution in [3.63, 3.8) is 0 Å². The molecule has 1 saturated heterocycles. The Balaban J connectivity index is 1.18. The molecule has 0 saturated carbocycles. The van der Waals surface area contributed by atoms with Crippen LogP contribution in [0.1, 0.15) is 49.4 Å². The Hall–Kier alpha value is -2.19. The van der Waals surface area contributed by atoms with E-state index in [1.165, 1.54) is 35.4 Å². The van der Waals surface area contributed by atoms with Crippen molar-refractivity contribution in [2.24, 2.45) is 5.92 Å². The van der Waals surface area contributed by atoms with Gasteiger partial charge in [-0.25, -0.2) is 8.42 Å². The summed E-state index contributed by atoms with van der Waals surface area (Å²) in [6.45, 7) is 5.91. The number of hydrogen-bond donors (Lipinski definition) is 0. The van der Waals surface area contributed by atoms with Crippen molar-refractivity contribution < 1.29 is 13.2 Å². The number of benzene rings is 1. The maximum Gasteiger partial charge on any atom is 0.211 e. The Morgan fingerprint density at radius 2 is 1.88 bits per heavy atom. The molecule has 2 aliphatic heterocycles. The van der Waals surface area contributed by atoms with Gasteiger partial charge in [-0.05, 0) is 79.8 Å². The highest BCUT2D eigenvalue weighted by atomic mass is 32.2. The summed E-state index contributed by atoms with van der Waals surface area (Å²) in [5.74, 6) is 2.62. The van der Waals surface area contributed by atoms with E-state index in [-0.39, 0.29) is 0 Å². The molecule has 1 fully saturated rings. The molecule has 2 aromatic rings. The average Bonchev–Trinajstić information content (AvgIpc) is 2.81. The van der Waals surface area contributed by atoms with Crippen molar-refractivity contribution in [2.75, 3.05) is 37.4 Å². The van der Waals surface area contributed by atoms with E-state index in [1.54, 1.807) is 0 Å². The SMILES string of the molecule is CCc1ccc(N2CCC(CCCOc3ccc4c(c3)CCN(S(C)(=O)=O)C4)CC2)nn1. The zero-order chi connectivity index (χ0) is 22.6. The minimum atomic E-state index is -3.14. The van der Waals surface area contributed by atoms with Crippen LogP contribution in [0.5, 0.6) is 5.75 Å². The minimum Gasteiger partial charge on any atom is -0.494 e. The number of hydrogen-bond acceptors (Lipinski definition) is 6. The maximum atomic E-state index is 11.8. The third kappa shape index (κ3) is 5.78. The van der Waals surface area contributed by atoms with Crippen molar-refractivity contribution in [3.05, 3.63) is 47.2 Å². The van der Waals surface area contributed by atoms with Gasteiger partial charge in [-0.15, -0.1) is 5.10 Å². The number of aryl methyl sites for hydroxylation is 1. The predicted molar refractivity (Wildman–Crippen MR) is 126 cm³/mol. The van der Waals surface area contributed by atoms with Crippen molar-refractivity contribution in [3.8, 4) is 5.75 Å². The van der Waals surface area contributed by atoms with E-state index in [2.05, 4.69) is 40.2 Å². The molecule has 0 bridgehead atoms. The molecule has 0 aliphatic carbocycles. The second kappa shape index (κ2) is 10.2. The highest BCUT2D eigenvalue weighted by molar-refractivity contribution is 7.88. The topological polar surface area (TPSA) is 75.6 Å². The van der Waals surface area contributed by atoms with Gasteiger partial charge in [-0.2, -0.15) is 9.40 Å². The molecular formula is C24H34N4O3S. The number of sulfonamides is 1. The van der Waals surface area contributed by atoms with Crippen LogP contribution in [0.4, 0.5) is 5.82 Å². The first-order chi connectivity index (χ1) is 15.4. The summed E-state index contributed by atoms with van der Waals surface area (Å²) in [4.78, 5) is 2.34. The van der Waals surface area contributed by atoms with Crippen LogP contribution in [-0.2, 0) is 29.4 Å². The van der Waals surface area contributed by atoms with Gasteiger partial charge in [-0.1, -0.05) is 13.0 Å². The normalized spacial score (nSPS) is 17.9. The van der Waals surface area contributed by atoms with Crippen molar-refractivity contribution in [1.82, 2.24) is 14.5 Å². The third-order valence-electron chi connectivity index (χ3n) is 6.66. The lowest BCUT2D eigenvalue weighted by Gasteiger charge is -2.32. The molecule has 3 heterocycles. The Kier molecular flexibility index (Phi) is 7.30. The summed E-state index contributed by atoms with van der Waals surface area (Å²) >= 11 is 0. The Bertz CT molecular complexity index is 1000. The largest absolute Gasteiger partial charge is 0.494 e. The number of rotatable bonds is 8. The third-order valence-corrected chi connectivity index (χ3v) is 7.91. The van der Waals surface area contributed by atoms with E-state index >= 15 is 0 Å². The summed E-state index contributed by atoms with van der Waals surface area (Å²) in [5.41, 5.74) is 3.32. The van der Waals surface area contributed by atoms with Crippen molar-refractivity contribution in [1.29, 1.82) is 0 Å². The number of piperidine rings is 1. The van der Waals surface area contributed by atoms with Gasteiger partial charge < -0.3 is 9.64 Å². The second-order valence-corrected chi connectivity index (χ2v) is 10.9. The summed E-state index contributed by atoms with van der Waals surface area (Å²) in [7, 11) is -3.14. The summed E-state index contributed by atoms with van der Waals surface area (Å²) in [5, 5.41) is 8.66. The fourth-order valence-corrected chi connectivity index (χ4v) is 5.40. The van der Waals surface area contributed by atoms with Gasteiger partial charge in [-0.3, -0.25) is 0 Å². The number of aromatic nitrogens is 2. The molecule has 1 aromatic heterocycles. The molecule has 0 unspecified atom stereocenters. The molecule has 2 aliphatic rings. The first-order valence-corrected chi connectivity index (χ1v) is 13.5. The summed E-state index contributed by atoms with van der Waals surface area (Å²) in [6.07, 6.45) is 7.54. The maximum absolute atomic E-state index is 11.8. The van der Waals surface area contributed by atoms with E-state index in [4.69, 9.17) is 4.74 Å². The van der Waals surface area contributed by atoms with Crippen LogP contribution >= 0.6 is 0 Å². The van der Waals surface area contributed by atoms with Gasteiger partial charge in [0.25, 0.3) is 0 Å². The molecule has 0 atom stereocenters. The minimum absolute atomic E-state index is 0.460. The molecule has 0 N–H and O–H groups in total. The fraction of sp³-hybridized carbons (Fsp3) is 0.583. The molecular weight excluding hydrogens is 424 g/mol. The van der Waals surface area contributed by atoms with Gasteiger partial charge >= 0.3 is 0 Å². The number of nitrogens with zero attached hydrogens (tertiary/aromatic N) is 4. The van der Waals surface area contributed by atoms with Crippen LogP contribution in [0, 0.1) is 5.92 Å². The zero-order valence-corrected chi connectivity index (χ0v) is 20.0. The van der Waals surface area contributed by atoms with Crippen LogP contribution < -0.4 is 9.64 Å². The quantitative estimate of drug-likeness (QED) is 0.564. The van der Waals surface area contributed by atoms with Crippen LogP contribution in [0.15, 0.2) is 30.3 Å². The average molecular weight is 459 g/mol. The standard InChI is InChI=1S/C24H34N4O3S/c1-3-22-7-9-24(26-25-22)27-13-10-19(11-14-27)5-4-16-31-23-8-6-21-18-28(32(2,29)30)15-12-20(21)17-23/h6-9,17,19H,3-5,10-16,18H2,1-2H3. The van der Waals surface area contributed by atoms with E-state index in [0.717, 1.165) is 67.7 Å². The zero-order valence-electron chi connectivity index (χ0n) is 19.2.